The Balaban J connectivity index is 1.83. The Morgan fingerprint density at radius 2 is 2.08 bits per heavy atom. The van der Waals surface area contributed by atoms with Crippen LogP contribution in [0.3, 0.4) is 0 Å². The van der Waals surface area contributed by atoms with E-state index in [4.69, 9.17) is 0 Å². The molecule has 0 aliphatic heterocycles. The van der Waals surface area contributed by atoms with Crippen LogP contribution in [0.25, 0.3) is 0 Å². The van der Waals surface area contributed by atoms with Crippen molar-refractivity contribution in [3.63, 3.8) is 0 Å². The van der Waals surface area contributed by atoms with Crippen LogP contribution in [0.2, 0.25) is 0 Å². The molecule has 0 spiro atoms. The Bertz CT molecular complexity index is 742. The van der Waals surface area contributed by atoms with Gasteiger partial charge in [-0.25, -0.2) is 9.37 Å². The molecule has 1 N–H and O–H groups in total. The number of nitrogens with one attached hydrogen (secondary N) is 1. The standard InChI is InChI=1S/C17H18FN3O2S/c1-11(22)21(13-4-2-3-5-13)15-7-6-12(10-14(15)18)16(23)20-17-19-8-9-24-17/h6-10,13H,2-5H2,1H3,(H,19,20,23). The zero-order valence-corrected chi connectivity index (χ0v) is 14.1. The van der Waals surface area contributed by atoms with Gasteiger partial charge in [0, 0.05) is 30.1 Å². The van der Waals surface area contributed by atoms with Gasteiger partial charge < -0.3 is 4.90 Å². The second-order valence-corrected chi connectivity index (χ2v) is 6.68. The Hall–Kier alpha value is -2.28. The van der Waals surface area contributed by atoms with Crippen molar-refractivity contribution in [2.24, 2.45) is 0 Å². The molecule has 0 unspecified atom stereocenters. The number of hydrogen-bond acceptors (Lipinski definition) is 4. The molecular weight excluding hydrogens is 329 g/mol. The van der Waals surface area contributed by atoms with Gasteiger partial charge in [-0.3, -0.25) is 14.9 Å². The van der Waals surface area contributed by atoms with Gasteiger partial charge in [0.15, 0.2) is 5.13 Å². The maximum absolute atomic E-state index is 14.6. The van der Waals surface area contributed by atoms with E-state index < -0.39 is 11.7 Å². The van der Waals surface area contributed by atoms with E-state index in [0.29, 0.717) is 5.13 Å². The SMILES string of the molecule is CC(=O)N(c1ccc(C(=O)Nc2nccs2)cc1F)C1CCCC1. The molecule has 1 saturated carbocycles. The predicted molar refractivity (Wildman–Crippen MR) is 91.9 cm³/mol. The van der Waals surface area contributed by atoms with Crippen LogP contribution in [0.1, 0.15) is 43.0 Å². The van der Waals surface area contributed by atoms with E-state index in [-0.39, 0.29) is 23.2 Å². The number of hydrogen-bond donors (Lipinski definition) is 1. The molecular formula is C17H18FN3O2S. The van der Waals surface area contributed by atoms with Gasteiger partial charge in [-0.2, -0.15) is 0 Å². The second-order valence-electron chi connectivity index (χ2n) is 5.78. The van der Waals surface area contributed by atoms with Crippen molar-refractivity contribution in [3.05, 3.63) is 41.2 Å². The summed E-state index contributed by atoms with van der Waals surface area (Å²) < 4.78 is 14.6. The number of carbonyl (C=O) groups excluding carboxylic acids is 2. The average Bonchev–Trinajstić information content (AvgIpc) is 3.22. The largest absolute Gasteiger partial charge is 0.307 e. The lowest BCUT2D eigenvalue weighted by molar-refractivity contribution is -0.117. The van der Waals surface area contributed by atoms with E-state index in [1.165, 1.54) is 41.4 Å². The first kappa shape index (κ1) is 16.6. The topological polar surface area (TPSA) is 62.3 Å². The number of carbonyl (C=O) groups is 2. The summed E-state index contributed by atoms with van der Waals surface area (Å²) in [6.07, 6.45) is 5.43. The van der Waals surface area contributed by atoms with Gasteiger partial charge in [0.05, 0.1) is 5.69 Å². The van der Waals surface area contributed by atoms with Crippen LogP contribution in [-0.4, -0.2) is 22.8 Å². The number of anilines is 2. The van der Waals surface area contributed by atoms with Crippen LogP contribution in [0.5, 0.6) is 0 Å². The average molecular weight is 347 g/mol. The quantitative estimate of drug-likeness (QED) is 0.914. The van der Waals surface area contributed by atoms with Crippen molar-refractivity contribution in [1.82, 2.24) is 4.98 Å². The second kappa shape index (κ2) is 7.09. The number of nitrogens with zero attached hydrogens (tertiary/aromatic N) is 2. The zero-order chi connectivity index (χ0) is 17.1. The van der Waals surface area contributed by atoms with Gasteiger partial charge in [-0.1, -0.05) is 12.8 Å². The van der Waals surface area contributed by atoms with E-state index in [1.54, 1.807) is 11.6 Å². The molecule has 1 aromatic carbocycles. The summed E-state index contributed by atoms with van der Waals surface area (Å²) in [5.74, 6) is -1.17. The summed E-state index contributed by atoms with van der Waals surface area (Å²) in [4.78, 5) is 29.6. The Kier molecular flexibility index (Phi) is 4.89. The molecule has 0 bridgehead atoms. The highest BCUT2D eigenvalue weighted by Gasteiger charge is 2.28. The van der Waals surface area contributed by atoms with E-state index in [2.05, 4.69) is 10.3 Å². The smallest absolute Gasteiger partial charge is 0.257 e. The molecule has 5 nitrogen and oxygen atoms in total. The van der Waals surface area contributed by atoms with Crippen LogP contribution in [0.4, 0.5) is 15.2 Å². The van der Waals surface area contributed by atoms with Crippen molar-refractivity contribution in [2.75, 3.05) is 10.2 Å². The van der Waals surface area contributed by atoms with Crippen LogP contribution in [0.15, 0.2) is 29.8 Å². The van der Waals surface area contributed by atoms with Gasteiger partial charge in [0.2, 0.25) is 5.91 Å². The number of halogens is 1. The summed E-state index contributed by atoms with van der Waals surface area (Å²) in [5.41, 5.74) is 0.432. The van der Waals surface area contributed by atoms with Crippen molar-refractivity contribution in [1.29, 1.82) is 0 Å². The van der Waals surface area contributed by atoms with Gasteiger partial charge in [-0.15, -0.1) is 11.3 Å². The van der Waals surface area contributed by atoms with Crippen LogP contribution in [0, 0.1) is 5.82 Å². The van der Waals surface area contributed by atoms with Gasteiger partial charge in [0.25, 0.3) is 5.91 Å². The van der Waals surface area contributed by atoms with E-state index in [1.807, 2.05) is 0 Å². The molecule has 126 valence electrons. The van der Waals surface area contributed by atoms with E-state index in [0.717, 1.165) is 25.7 Å². The number of rotatable bonds is 4. The molecule has 2 aromatic rings. The molecule has 1 aromatic heterocycles. The maximum atomic E-state index is 14.6. The normalized spacial score (nSPS) is 14.6. The van der Waals surface area contributed by atoms with Gasteiger partial charge in [0.1, 0.15) is 5.82 Å². The van der Waals surface area contributed by atoms with Gasteiger partial charge in [-0.05, 0) is 31.0 Å². The van der Waals surface area contributed by atoms with E-state index >= 15 is 0 Å². The summed E-state index contributed by atoms with van der Waals surface area (Å²) in [6, 6.07) is 4.24. The molecule has 1 heterocycles. The predicted octanol–water partition coefficient (Wildman–Crippen LogP) is 3.83. The minimum Gasteiger partial charge on any atom is -0.307 e. The van der Waals surface area contributed by atoms with Gasteiger partial charge >= 0.3 is 0 Å². The first-order valence-electron chi connectivity index (χ1n) is 7.86. The minimum absolute atomic E-state index is 0.0343. The number of amides is 2. The third-order valence-electron chi connectivity index (χ3n) is 4.15. The maximum Gasteiger partial charge on any atom is 0.257 e. The summed E-state index contributed by atoms with van der Waals surface area (Å²) in [5, 5.41) is 4.81. The molecule has 7 heteroatoms. The van der Waals surface area contributed by atoms with Crippen molar-refractivity contribution in [2.45, 2.75) is 38.6 Å². The van der Waals surface area contributed by atoms with E-state index in [9.17, 15) is 14.0 Å². The van der Waals surface area contributed by atoms with Crippen LogP contribution >= 0.6 is 11.3 Å². The molecule has 0 radical (unpaired) electrons. The summed E-state index contributed by atoms with van der Waals surface area (Å²) in [7, 11) is 0. The number of benzene rings is 1. The Morgan fingerprint density at radius 3 is 2.67 bits per heavy atom. The summed E-state index contributed by atoms with van der Waals surface area (Å²) >= 11 is 1.29. The molecule has 0 saturated heterocycles. The highest BCUT2D eigenvalue weighted by Crippen LogP contribution is 2.30. The molecule has 1 fully saturated rings. The first-order valence-corrected chi connectivity index (χ1v) is 8.74. The molecule has 1 aliphatic carbocycles. The molecule has 1 aliphatic rings. The molecule has 24 heavy (non-hydrogen) atoms. The fraction of sp³-hybridized carbons (Fsp3) is 0.353. The van der Waals surface area contributed by atoms with Crippen molar-refractivity contribution < 1.29 is 14.0 Å². The highest BCUT2D eigenvalue weighted by atomic mass is 32.1. The molecule has 0 atom stereocenters. The Labute approximate surface area is 143 Å². The minimum atomic E-state index is -0.566. The fourth-order valence-electron chi connectivity index (χ4n) is 3.08. The van der Waals surface area contributed by atoms with Crippen molar-refractivity contribution >= 4 is 34.0 Å². The zero-order valence-electron chi connectivity index (χ0n) is 13.3. The third-order valence-corrected chi connectivity index (χ3v) is 4.84. The summed E-state index contributed by atoms with van der Waals surface area (Å²) in [6.45, 7) is 1.45. The first-order chi connectivity index (χ1) is 11.6. The lowest BCUT2D eigenvalue weighted by Gasteiger charge is -2.28. The highest BCUT2D eigenvalue weighted by molar-refractivity contribution is 7.13. The molecule has 3 rings (SSSR count). The lowest BCUT2D eigenvalue weighted by atomic mass is 10.1. The Morgan fingerprint density at radius 1 is 1.33 bits per heavy atom. The van der Waals surface area contributed by atoms with Crippen LogP contribution < -0.4 is 10.2 Å². The monoisotopic (exact) mass is 347 g/mol. The van der Waals surface area contributed by atoms with Crippen molar-refractivity contribution in [3.8, 4) is 0 Å². The lowest BCUT2D eigenvalue weighted by Crippen LogP contribution is -2.38. The number of aromatic nitrogens is 1. The molecule has 2 amide bonds. The number of thiazole rings is 1. The fourth-order valence-corrected chi connectivity index (χ4v) is 3.61. The third kappa shape index (κ3) is 3.46. The van der Waals surface area contributed by atoms with Crippen LogP contribution in [-0.2, 0) is 4.79 Å².